The molecular formula is C22H26ClN5O4. The van der Waals surface area contributed by atoms with Crippen molar-refractivity contribution in [3.63, 3.8) is 0 Å². The van der Waals surface area contributed by atoms with Crippen LogP contribution in [0.4, 0.5) is 5.82 Å². The van der Waals surface area contributed by atoms with Crippen molar-refractivity contribution < 1.29 is 19.4 Å². The number of ether oxygens (including phenoxy) is 2. The fourth-order valence-electron chi connectivity index (χ4n) is 7.25. The Kier molecular flexibility index (Phi) is 3.73. The van der Waals surface area contributed by atoms with Gasteiger partial charge in [-0.15, -0.1) is 0 Å². The molecule has 5 aliphatic rings. The second kappa shape index (κ2) is 6.12. The van der Waals surface area contributed by atoms with Crippen molar-refractivity contribution >= 4 is 34.6 Å². The molecule has 7 rings (SSSR count). The number of anilines is 1. The lowest BCUT2D eigenvalue weighted by Gasteiger charge is -2.25. The first kappa shape index (κ1) is 19.5. The number of halogens is 1. The van der Waals surface area contributed by atoms with Crippen molar-refractivity contribution in [3.8, 4) is 0 Å². The zero-order chi connectivity index (χ0) is 22.0. The fourth-order valence-corrected chi connectivity index (χ4v) is 7.41. The molecule has 9 nitrogen and oxygen atoms in total. The number of imidazole rings is 1. The Labute approximate surface area is 189 Å². The van der Waals surface area contributed by atoms with E-state index >= 15 is 0 Å². The standard InChI is InChI=1S/C22H26ClN5O4/c1-21(2)31-15-14(11-7-22(11,19(29)30)16(15)32-21)28-8-24-13-17(26-20(23)27-18(13)28)25-12-6-9-3-4-10(12)5-9/h8-12,14-16H,3-7H2,1-2H3,(H,29,30)(H,25,26,27)/t9-,10+,11+,12-,14+,15-,16-,22-/m0/s1. The van der Waals surface area contributed by atoms with Gasteiger partial charge >= 0.3 is 5.97 Å². The van der Waals surface area contributed by atoms with Gasteiger partial charge in [0.2, 0.25) is 5.28 Å². The maximum atomic E-state index is 12.2. The fraction of sp³-hybridized carbons (Fsp3) is 0.727. The van der Waals surface area contributed by atoms with Gasteiger partial charge in [0, 0.05) is 12.0 Å². The molecule has 0 aromatic carbocycles. The van der Waals surface area contributed by atoms with Gasteiger partial charge in [0.05, 0.1) is 12.4 Å². The predicted molar refractivity (Wildman–Crippen MR) is 114 cm³/mol. The van der Waals surface area contributed by atoms with Crippen molar-refractivity contribution in [3.05, 3.63) is 11.6 Å². The third-order valence-electron chi connectivity index (χ3n) is 8.62. The quantitative estimate of drug-likeness (QED) is 0.670. The largest absolute Gasteiger partial charge is 0.481 e. The van der Waals surface area contributed by atoms with Crippen LogP contribution in [0, 0.1) is 23.2 Å². The Hall–Kier alpha value is -1.97. The van der Waals surface area contributed by atoms with Gasteiger partial charge in [-0.1, -0.05) is 6.42 Å². The maximum absolute atomic E-state index is 12.2. The van der Waals surface area contributed by atoms with E-state index in [2.05, 4.69) is 20.3 Å². The first-order valence-electron chi connectivity index (χ1n) is 11.5. The number of carboxylic acid groups (broad SMARTS) is 1. The van der Waals surface area contributed by atoms with Crippen LogP contribution < -0.4 is 5.32 Å². The number of carboxylic acids is 1. The lowest BCUT2D eigenvalue weighted by atomic mass is 9.95. The molecule has 0 radical (unpaired) electrons. The highest BCUT2D eigenvalue weighted by atomic mass is 35.5. The Morgan fingerprint density at radius 3 is 2.84 bits per heavy atom. The summed E-state index contributed by atoms with van der Waals surface area (Å²) in [4.78, 5) is 25.9. The number of aliphatic carboxylic acids is 1. The average molecular weight is 460 g/mol. The molecule has 3 heterocycles. The Morgan fingerprint density at radius 1 is 1.28 bits per heavy atom. The van der Waals surface area contributed by atoms with E-state index in [1.54, 1.807) is 6.33 Å². The van der Waals surface area contributed by atoms with E-state index in [0.717, 1.165) is 12.3 Å². The number of fused-ring (bicyclic) bond motifs is 6. The highest BCUT2D eigenvalue weighted by Crippen LogP contribution is 2.71. The zero-order valence-corrected chi connectivity index (χ0v) is 18.7. The summed E-state index contributed by atoms with van der Waals surface area (Å²) in [6, 6.07) is 0.156. The summed E-state index contributed by atoms with van der Waals surface area (Å²) in [5.74, 6) is 0.392. The SMILES string of the molecule is CC1(C)O[C@H]2[C@H](n3cnc4c(N[C@H]5C[C@H]6CC[C@@H]5C6)nc(Cl)nc43)[C@H]3C[C@@]3(C(=O)O)[C@H]2O1. The van der Waals surface area contributed by atoms with E-state index < -0.39 is 23.3 Å². The number of hydrogen-bond acceptors (Lipinski definition) is 7. The van der Waals surface area contributed by atoms with E-state index in [1.165, 1.54) is 19.3 Å². The second-order valence-corrected chi connectivity index (χ2v) is 11.1. The van der Waals surface area contributed by atoms with Gasteiger partial charge in [-0.3, -0.25) is 4.79 Å². The predicted octanol–water partition coefficient (Wildman–Crippen LogP) is 3.25. The van der Waals surface area contributed by atoms with E-state index in [9.17, 15) is 9.90 Å². The minimum Gasteiger partial charge on any atom is -0.481 e. The van der Waals surface area contributed by atoms with Gasteiger partial charge in [-0.25, -0.2) is 4.98 Å². The number of nitrogens with one attached hydrogen (secondary N) is 1. The van der Waals surface area contributed by atoms with Gasteiger partial charge in [-0.2, -0.15) is 9.97 Å². The molecule has 1 saturated heterocycles. The molecule has 32 heavy (non-hydrogen) atoms. The first-order valence-corrected chi connectivity index (χ1v) is 11.9. The van der Waals surface area contributed by atoms with Gasteiger partial charge in [0.1, 0.15) is 17.6 Å². The third-order valence-corrected chi connectivity index (χ3v) is 8.79. The number of rotatable bonds is 4. The van der Waals surface area contributed by atoms with Crippen molar-refractivity contribution in [2.75, 3.05) is 5.32 Å². The number of aromatic nitrogens is 4. The molecule has 2 N–H and O–H groups in total. The molecule has 8 atom stereocenters. The molecule has 4 aliphatic carbocycles. The van der Waals surface area contributed by atoms with Crippen LogP contribution >= 0.6 is 11.6 Å². The minimum atomic E-state index is -0.916. The summed E-state index contributed by atoms with van der Waals surface area (Å²) in [5.41, 5.74) is 0.363. The zero-order valence-electron chi connectivity index (χ0n) is 18.0. The van der Waals surface area contributed by atoms with E-state index in [4.69, 9.17) is 21.1 Å². The summed E-state index contributed by atoms with van der Waals surface area (Å²) in [6.45, 7) is 3.66. The van der Waals surface area contributed by atoms with Crippen LogP contribution in [0.5, 0.6) is 0 Å². The highest BCUT2D eigenvalue weighted by Gasteiger charge is 2.80. The molecule has 2 aromatic heterocycles. The molecule has 1 aliphatic heterocycles. The number of hydrogen-bond donors (Lipinski definition) is 2. The third kappa shape index (κ3) is 2.47. The van der Waals surface area contributed by atoms with Gasteiger partial charge in [0.25, 0.3) is 0 Å². The molecule has 5 fully saturated rings. The monoisotopic (exact) mass is 459 g/mol. The molecule has 0 amide bonds. The number of carbonyl (C=O) groups is 1. The molecule has 10 heteroatoms. The lowest BCUT2D eigenvalue weighted by Crippen LogP contribution is -2.35. The summed E-state index contributed by atoms with van der Waals surface area (Å²) < 4.78 is 14.2. The molecule has 4 saturated carbocycles. The molecule has 2 bridgehead atoms. The van der Waals surface area contributed by atoms with Crippen LogP contribution in [-0.2, 0) is 14.3 Å². The lowest BCUT2D eigenvalue weighted by molar-refractivity contribution is -0.170. The van der Waals surface area contributed by atoms with Crippen molar-refractivity contribution in [1.82, 2.24) is 19.5 Å². The molecule has 0 spiro atoms. The van der Waals surface area contributed by atoms with Crippen LogP contribution in [0.2, 0.25) is 5.28 Å². The molecule has 0 unspecified atom stereocenters. The van der Waals surface area contributed by atoms with Crippen LogP contribution in [0.3, 0.4) is 0 Å². The summed E-state index contributed by atoms with van der Waals surface area (Å²) >= 11 is 6.35. The van der Waals surface area contributed by atoms with Gasteiger partial charge < -0.3 is 24.5 Å². The molecule has 2 aromatic rings. The second-order valence-electron chi connectivity index (χ2n) is 10.8. The maximum Gasteiger partial charge on any atom is 0.312 e. The van der Waals surface area contributed by atoms with E-state index in [0.29, 0.717) is 35.4 Å². The van der Waals surface area contributed by atoms with Gasteiger partial charge in [-0.05, 0) is 63.0 Å². The molecular weight excluding hydrogens is 434 g/mol. The normalized spacial score (nSPS) is 42.9. The Morgan fingerprint density at radius 2 is 2.12 bits per heavy atom. The minimum absolute atomic E-state index is 0.0979. The van der Waals surface area contributed by atoms with E-state index in [1.807, 2.05) is 18.4 Å². The Balaban J connectivity index is 1.28. The van der Waals surface area contributed by atoms with Crippen LogP contribution in [0.1, 0.15) is 52.0 Å². The van der Waals surface area contributed by atoms with Crippen molar-refractivity contribution in [2.24, 2.45) is 23.2 Å². The van der Waals surface area contributed by atoms with Crippen LogP contribution in [-0.4, -0.2) is 54.6 Å². The summed E-state index contributed by atoms with van der Waals surface area (Å²) in [5, 5.41) is 13.8. The van der Waals surface area contributed by atoms with E-state index in [-0.39, 0.29) is 23.3 Å². The van der Waals surface area contributed by atoms with Crippen molar-refractivity contribution in [2.45, 2.75) is 76.0 Å². The summed E-state index contributed by atoms with van der Waals surface area (Å²) in [7, 11) is 0. The van der Waals surface area contributed by atoms with Gasteiger partial charge in [0.15, 0.2) is 22.8 Å². The smallest absolute Gasteiger partial charge is 0.312 e. The summed E-state index contributed by atoms with van der Waals surface area (Å²) in [6.07, 6.45) is 6.44. The average Bonchev–Trinajstić information content (AvgIpc) is 3.19. The highest BCUT2D eigenvalue weighted by molar-refractivity contribution is 6.28. The number of nitrogens with zero attached hydrogens (tertiary/aromatic N) is 4. The Bertz CT molecular complexity index is 1150. The first-order chi connectivity index (χ1) is 15.3. The molecule has 170 valence electrons. The van der Waals surface area contributed by atoms with Crippen LogP contribution in [0.15, 0.2) is 6.33 Å². The van der Waals surface area contributed by atoms with Crippen molar-refractivity contribution in [1.29, 1.82) is 0 Å². The topological polar surface area (TPSA) is 111 Å². The van der Waals surface area contributed by atoms with Crippen LogP contribution in [0.25, 0.3) is 11.2 Å².